The smallest absolute Gasteiger partial charge is 0.279 e. The van der Waals surface area contributed by atoms with Gasteiger partial charge in [0.1, 0.15) is 0 Å². The maximum atomic E-state index is 13.6. The van der Waals surface area contributed by atoms with Crippen molar-refractivity contribution >= 4 is 31.4 Å². The van der Waals surface area contributed by atoms with Gasteiger partial charge in [-0.25, -0.2) is 8.42 Å². The second-order valence-corrected chi connectivity index (χ2v) is 12.2. The molecule has 178 valence electrons. The van der Waals surface area contributed by atoms with E-state index in [2.05, 4.69) is 9.82 Å². The molecule has 1 aliphatic rings. The normalized spacial score (nSPS) is 16.4. The molecule has 9 heteroatoms. The Morgan fingerprint density at radius 3 is 2.29 bits per heavy atom. The topological polar surface area (TPSA) is 95.9 Å². The number of rotatable bonds is 7. The molecule has 0 saturated heterocycles. The zero-order valence-electron chi connectivity index (χ0n) is 19.3. The number of hydrazone groups is 1. The zero-order chi connectivity index (χ0) is 24.5. The van der Waals surface area contributed by atoms with Gasteiger partial charge in [0.25, 0.3) is 10.0 Å². The Labute approximate surface area is 201 Å². The number of sulfonamides is 2. The Hall–Kier alpha value is -3.17. The van der Waals surface area contributed by atoms with Crippen LogP contribution in [0.4, 0.5) is 5.69 Å². The van der Waals surface area contributed by atoms with E-state index in [9.17, 15) is 16.8 Å². The van der Waals surface area contributed by atoms with Crippen molar-refractivity contribution in [2.75, 3.05) is 10.5 Å². The predicted octanol–water partition coefficient (Wildman–Crippen LogP) is 4.61. The third-order valence-electron chi connectivity index (χ3n) is 5.71. The van der Waals surface area contributed by atoms with Crippen molar-refractivity contribution in [3.8, 4) is 0 Å². The van der Waals surface area contributed by atoms with Crippen LogP contribution in [0.25, 0.3) is 0 Å². The number of anilines is 1. The Balaban J connectivity index is 1.77. The summed E-state index contributed by atoms with van der Waals surface area (Å²) in [4.78, 5) is 0.171. The molecule has 0 bridgehead atoms. The van der Waals surface area contributed by atoms with Gasteiger partial charge in [-0.2, -0.15) is 17.9 Å². The number of aryl methyl sites for hydroxylation is 2. The van der Waals surface area contributed by atoms with Gasteiger partial charge in [0.15, 0.2) is 0 Å². The minimum absolute atomic E-state index is 0.0455. The van der Waals surface area contributed by atoms with Crippen molar-refractivity contribution in [1.29, 1.82) is 0 Å². The van der Waals surface area contributed by atoms with E-state index in [1.807, 2.05) is 38.1 Å². The van der Waals surface area contributed by atoms with E-state index in [1.165, 1.54) is 4.41 Å². The quantitative estimate of drug-likeness (QED) is 0.516. The second kappa shape index (κ2) is 9.23. The van der Waals surface area contributed by atoms with Gasteiger partial charge in [-0.3, -0.25) is 4.72 Å². The number of hydrogen-bond acceptors (Lipinski definition) is 5. The summed E-state index contributed by atoms with van der Waals surface area (Å²) in [6.45, 7) is 5.42. The molecule has 1 aliphatic heterocycles. The van der Waals surface area contributed by atoms with Gasteiger partial charge in [0.05, 0.1) is 22.4 Å². The molecule has 0 spiro atoms. The van der Waals surface area contributed by atoms with E-state index in [-0.39, 0.29) is 10.6 Å². The summed E-state index contributed by atoms with van der Waals surface area (Å²) >= 11 is 0. The lowest BCUT2D eigenvalue weighted by molar-refractivity contribution is 0.371. The number of hydrogen-bond donors (Lipinski definition) is 1. The summed E-state index contributed by atoms with van der Waals surface area (Å²) in [7, 11) is -7.36. The van der Waals surface area contributed by atoms with E-state index in [4.69, 9.17) is 0 Å². The van der Waals surface area contributed by atoms with Gasteiger partial charge in [-0.15, -0.1) is 0 Å². The highest BCUT2D eigenvalue weighted by molar-refractivity contribution is 7.92. The Morgan fingerprint density at radius 2 is 1.62 bits per heavy atom. The van der Waals surface area contributed by atoms with Gasteiger partial charge in [-0.1, -0.05) is 59.7 Å². The second-order valence-electron chi connectivity index (χ2n) is 8.36. The van der Waals surface area contributed by atoms with Crippen LogP contribution in [0.1, 0.15) is 41.6 Å². The lowest BCUT2D eigenvalue weighted by Crippen LogP contribution is -2.27. The van der Waals surface area contributed by atoms with Gasteiger partial charge in [0.2, 0.25) is 10.0 Å². The molecule has 1 heterocycles. The van der Waals surface area contributed by atoms with Crippen molar-refractivity contribution in [1.82, 2.24) is 4.41 Å². The van der Waals surface area contributed by atoms with E-state index < -0.39 is 26.1 Å². The summed E-state index contributed by atoms with van der Waals surface area (Å²) in [5.41, 5.74) is 4.47. The van der Waals surface area contributed by atoms with Crippen LogP contribution in [0, 0.1) is 13.8 Å². The highest BCUT2D eigenvalue weighted by Gasteiger charge is 2.37. The molecule has 0 aliphatic carbocycles. The third-order valence-corrected chi connectivity index (χ3v) is 8.72. The first-order valence-corrected chi connectivity index (χ1v) is 14.0. The molecule has 0 saturated carbocycles. The molecule has 3 aromatic rings. The largest absolute Gasteiger partial charge is 0.284 e. The van der Waals surface area contributed by atoms with E-state index in [0.29, 0.717) is 23.4 Å². The molecule has 1 N–H and O–H groups in total. The van der Waals surface area contributed by atoms with Crippen LogP contribution in [0.5, 0.6) is 0 Å². The lowest BCUT2D eigenvalue weighted by atomic mass is 9.98. The molecule has 1 atom stereocenters. The van der Waals surface area contributed by atoms with Crippen molar-refractivity contribution in [2.45, 2.75) is 38.1 Å². The zero-order valence-corrected chi connectivity index (χ0v) is 20.9. The molecule has 34 heavy (non-hydrogen) atoms. The molecule has 3 aromatic carbocycles. The molecule has 0 unspecified atom stereocenters. The fourth-order valence-corrected chi connectivity index (χ4v) is 5.91. The number of nitrogens with zero attached hydrogens (tertiary/aromatic N) is 2. The van der Waals surface area contributed by atoms with Crippen molar-refractivity contribution in [2.24, 2.45) is 5.10 Å². The van der Waals surface area contributed by atoms with Crippen LogP contribution in [-0.2, 0) is 20.0 Å². The summed E-state index contributed by atoms with van der Waals surface area (Å²) in [6, 6.07) is 20.8. The highest BCUT2D eigenvalue weighted by atomic mass is 32.2. The molecular formula is C25H27N3O4S2. The van der Waals surface area contributed by atoms with Crippen LogP contribution in [0.3, 0.4) is 0 Å². The SMILES string of the molecule is CCS(=O)(=O)Nc1cccc(C2=NN(S(=O)(=O)c3ccc(C)cc3)[C@H](c3cccc(C)c3)C2)c1. The lowest BCUT2D eigenvalue weighted by Gasteiger charge is -2.23. The summed E-state index contributed by atoms with van der Waals surface area (Å²) in [6.07, 6.45) is 0.360. The molecule has 0 aromatic heterocycles. The molecule has 4 rings (SSSR count). The van der Waals surface area contributed by atoms with Crippen molar-refractivity contribution in [3.05, 3.63) is 95.1 Å². The first kappa shape index (κ1) is 24.0. The van der Waals surface area contributed by atoms with Crippen LogP contribution in [0.15, 0.2) is 82.8 Å². The van der Waals surface area contributed by atoms with E-state index in [1.54, 1.807) is 55.5 Å². The van der Waals surface area contributed by atoms with Crippen LogP contribution in [-0.4, -0.2) is 32.7 Å². The molecular weight excluding hydrogens is 470 g/mol. The average molecular weight is 498 g/mol. The minimum atomic E-state index is -3.92. The van der Waals surface area contributed by atoms with E-state index in [0.717, 1.165) is 16.7 Å². The summed E-state index contributed by atoms with van der Waals surface area (Å²) < 4.78 is 55.0. The van der Waals surface area contributed by atoms with Gasteiger partial charge >= 0.3 is 0 Å². The van der Waals surface area contributed by atoms with Gasteiger partial charge in [0, 0.05) is 12.1 Å². The first-order valence-electron chi connectivity index (χ1n) is 10.9. The predicted molar refractivity (Wildman–Crippen MR) is 135 cm³/mol. The van der Waals surface area contributed by atoms with E-state index >= 15 is 0 Å². The molecule has 0 amide bonds. The Bertz CT molecular complexity index is 1450. The van der Waals surface area contributed by atoms with Crippen molar-refractivity contribution in [3.63, 3.8) is 0 Å². The van der Waals surface area contributed by atoms with Crippen LogP contribution < -0.4 is 4.72 Å². The molecule has 0 radical (unpaired) electrons. The maximum absolute atomic E-state index is 13.6. The molecule has 7 nitrogen and oxygen atoms in total. The van der Waals surface area contributed by atoms with Crippen LogP contribution >= 0.6 is 0 Å². The number of nitrogens with one attached hydrogen (secondary N) is 1. The number of benzene rings is 3. The summed E-state index contributed by atoms with van der Waals surface area (Å²) in [5, 5.41) is 4.56. The third kappa shape index (κ3) is 5.00. The fourth-order valence-electron chi connectivity index (χ4n) is 3.84. The summed E-state index contributed by atoms with van der Waals surface area (Å²) in [5.74, 6) is -0.0455. The van der Waals surface area contributed by atoms with Crippen molar-refractivity contribution < 1.29 is 16.8 Å². The Kier molecular flexibility index (Phi) is 6.51. The molecule has 0 fully saturated rings. The maximum Gasteiger partial charge on any atom is 0.279 e. The monoisotopic (exact) mass is 497 g/mol. The average Bonchev–Trinajstić information content (AvgIpc) is 3.26. The Morgan fingerprint density at radius 1 is 0.912 bits per heavy atom. The minimum Gasteiger partial charge on any atom is -0.284 e. The van der Waals surface area contributed by atoms with Crippen LogP contribution in [0.2, 0.25) is 0 Å². The first-order chi connectivity index (χ1) is 16.1. The standard InChI is InChI=1S/C25H27N3O4S2/c1-4-33(29,30)27-22-10-6-8-20(16-22)24-17-25(21-9-5-7-19(3)15-21)28(26-24)34(31,32)23-13-11-18(2)12-14-23/h5-16,25,27H,4,17H2,1-3H3/t25-/m0/s1. The fraction of sp³-hybridized carbons (Fsp3) is 0.240. The van der Waals surface area contributed by atoms with Gasteiger partial charge < -0.3 is 0 Å². The highest BCUT2D eigenvalue weighted by Crippen LogP contribution is 2.37. The van der Waals surface area contributed by atoms with Gasteiger partial charge in [-0.05, 0) is 56.2 Å².